The summed E-state index contributed by atoms with van der Waals surface area (Å²) < 4.78 is 0. The Bertz CT molecular complexity index is 763. The van der Waals surface area contributed by atoms with Crippen LogP contribution < -0.4 is 10.2 Å². The van der Waals surface area contributed by atoms with Crippen LogP contribution in [0.4, 0.5) is 16.3 Å². The zero-order chi connectivity index (χ0) is 16.9. The molecule has 24 heavy (non-hydrogen) atoms. The fraction of sp³-hybridized carbons (Fsp3) is 0.235. The number of nitrogens with zero attached hydrogens (tertiary/aromatic N) is 4. The summed E-state index contributed by atoms with van der Waals surface area (Å²) in [6.07, 6.45) is 1.56. The number of amides is 2. The molecule has 1 aromatic heterocycles. The van der Waals surface area contributed by atoms with E-state index in [4.69, 9.17) is 16.9 Å². The van der Waals surface area contributed by atoms with Crippen LogP contribution in [-0.4, -0.2) is 42.1 Å². The first kappa shape index (κ1) is 16.1. The van der Waals surface area contributed by atoms with E-state index in [9.17, 15) is 4.79 Å². The summed E-state index contributed by atoms with van der Waals surface area (Å²) in [4.78, 5) is 20.5. The molecule has 2 amide bonds. The molecule has 0 bridgehead atoms. The van der Waals surface area contributed by atoms with Gasteiger partial charge in [-0.3, -0.25) is 0 Å². The summed E-state index contributed by atoms with van der Waals surface area (Å²) in [5.41, 5.74) is 1.22. The van der Waals surface area contributed by atoms with Crippen LogP contribution in [0.25, 0.3) is 0 Å². The molecule has 2 heterocycles. The quantitative estimate of drug-likeness (QED) is 0.911. The van der Waals surface area contributed by atoms with Gasteiger partial charge in [0.1, 0.15) is 11.9 Å². The molecule has 122 valence electrons. The average Bonchev–Trinajstić information content (AvgIpc) is 2.62. The molecule has 0 spiro atoms. The van der Waals surface area contributed by atoms with E-state index in [1.54, 1.807) is 41.4 Å². The number of hydrogen-bond acceptors (Lipinski definition) is 4. The van der Waals surface area contributed by atoms with Crippen molar-refractivity contribution in [2.24, 2.45) is 0 Å². The Labute approximate surface area is 145 Å². The van der Waals surface area contributed by atoms with Gasteiger partial charge in [-0.25, -0.2) is 9.78 Å². The van der Waals surface area contributed by atoms with Gasteiger partial charge in [0.05, 0.1) is 5.56 Å². The summed E-state index contributed by atoms with van der Waals surface area (Å²) >= 11 is 5.92. The Morgan fingerprint density at radius 1 is 1.21 bits per heavy atom. The van der Waals surface area contributed by atoms with E-state index in [1.165, 1.54) is 0 Å². The van der Waals surface area contributed by atoms with Gasteiger partial charge in [-0.15, -0.1) is 0 Å². The Morgan fingerprint density at radius 3 is 2.62 bits per heavy atom. The fourth-order valence-electron chi connectivity index (χ4n) is 2.55. The number of nitrogens with one attached hydrogen (secondary N) is 1. The molecule has 1 saturated heterocycles. The van der Waals surface area contributed by atoms with Gasteiger partial charge < -0.3 is 15.1 Å². The second-order valence-electron chi connectivity index (χ2n) is 5.43. The minimum absolute atomic E-state index is 0.135. The zero-order valence-corrected chi connectivity index (χ0v) is 13.7. The van der Waals surface area contributed by atoms with Crippen LogP contribution in [0.5, 0.6) is 0 Å². The van der Waals surface area contributed by atoms with Gasteiger partial charge in [-0.05, 0) is 30.3 Å². The molecule has 1 fully saturated rings. The maximum absolute atomic E-state index is 12.3. The molecule has 1 aliphatic rings. The molecule has 0 radical (unpaired) electrons. The van der Waals surface area contributed by atoms with Crippen molar-refractivity contribution in [3.63, 3.8) is 0 Å². The highest BCUT2D eigenvalue weighted by Gasteiger charge is 2.22. The lowest BCUT2D eigenvalue weighted by Crippen LogP contribution is -2.50. The summed E-state index contributed by atoms with van der Waals surface area (Å²) in [5, 5.41) is 12.3. The van der Waals surface area contributed by atoms with Gasteiger partial charge in [-0.2, -0.15) is 5.26 Å². The number of pyridine rings is 1. The molecular weight excluding hydrogens is 326 g/mol. The molecule has 0 unspecified atom stereocenters. The van der Waals surface area contributed by atoms with Crippen LogP contribution >= 0.6 is 11.6 Å². The number of rotatable bonds is 2. The number of carbonyl (C=O) groups is 1. The van der Waals surface area contributed by atoms with Crippen molar-refractivity contribution in [3.05, 3.63) is 53.2 Å². The standard InChI is InChI=1S/C17H16ClN5O/c18-14-2-1-3-15(10-14)21-17(24)23-8-6-22(7-9-23)16-5-4-13(11-19)12-20-16/h1-5,10,12H,6-9H2,(H,21,24). The Hall–Kier alpha value is -2.78. The van der Waals surface area contributed by atoms with E-state index in [0.29, 0.717) is 42.5 Å². The maximum atomic E-state index is 12.3. The lowest BCUT2D eigenvalue weighted by atomic mass is 10.2. The molecule has 6 nitrogen and oxygen atoms in total. The zero-order valence-electron chi connectivity index (χ0n) is 12.9. The first-order valence-corrected chi connectivity index (χ1v) is 7.96. The van der Waals surface area contributed by atoms with Gasteiger partial charge in [0.25, 0.3) is 0 Å². The van der Waals surface area contributed by atoms with Crippen LogP contribution in [0, 0.1) is 11.3 Å². The van der Waals surface area contributed by atoms with Crippen molar-refractivity contribution in [1.82, 2.24) is 9.88 Å². The maximum Gasteiger partial charge on any atom is 0.321 e. The third-order valence-corrected chi connectivity index (χ3v) is 4.08. The lowest BCUT2D eigenvalue weighted by molar-refractivity contribution is 0.208. The number of anilines is 2. The van der Waals surface area contributed by atoms with Crippen LogP contribution in [0.15, 0.2) is 42.6 Å². The highest BCUT2D eigenvalue weighted by Crippen LogP contribution is 2.17. The first-order chi connectivity index (χ1) is 11.7. The molecule has 0 saturated carbocycles. The highest BCUT2D eigenvalue weighted by atomic mass is 35.5. The predicted octanol–water partition coefficient (Wildman–Crippen LogP) is 2.96. The Kier molecular flexibility index (Phi) is 4.82. The van der Waals surface area contributed by atoms with E-state index in [0.717, 1.165) is 5.82 Å². The van der Waals surface area contributed by atoms with Crippen molar-refractivity contribution >= 4 is 29.1 Å². The molecule has 1 aliphatic heterocycles. The SMILES string of the molecule is N#Cc1ccc(N2CCN(C(=O)Nc3cccc(Cl)c3)CC2)nc1. The number of halogens is 1. The number of nitriles is 1. The van der Waals surface area contributed by atoms with Gasteiger partial charge in [0, 0.05) is 43.1 Å². The summed E-state index contributed by atoms with van der Waals surface area (Å²) in [7, 11) is 0. The average molecular weight is 342 g/mol. The minimum atomic E-state index is -0.135. The topological polar surface area (TPSA) is 72.3 Å². The number of urea groups is 1. The van der Waals surface area contributed by atoms with Crippen LogP contribution in [0.2, 0.25) is 5.02 Å². The van der Waals surface area contributed by atoms with E-state index < -0.39 is 0 Å². The van der Waals surface area contributed by atoms with E-state index >= 15 is 0 Å². The first-order valence-electron chi connectivity index (χ1n) is 7.58. The number of benzene rings is 1. The summed E-state index contributed by atoms with van der Waals surface area (Å²) in [6, 6.07) is 12.6. The lowest BCUT2D eigenvalue weighted by Gasteiger charge is -2.35. The Balaban J connectivity index is 1.56. The summed E-state index contributed by atoms with van der Waals surface area (Å²) in [5.74, 6) is 0.823. The molecular formula is C17H16ClN5O. The number of piperazine rings is 1. The fourth-order valence-corrected chi connectivity index (χ4v) is 2.74. The third-order valence-electron chi connectivity index (χ3n) is 3.84. The Morgan fingerprint density at radius 2 is 2.00 bits per heavy atom. The van der Waals surface area contributed by atoms with Gasteiger partial charge in [0.2, 0.25) is 0 Å². The molecule has 2 aromatic rings. The number of hydrogen-bond donors (Lipinski definition) is 1. The number of carbonyl (C=O) groups excluding carboxylic acids is 1. The van der Waals surface area contributed by atoms with Gasteiger partial charge in [0.15, 0.2) is 0 Å². The van der Waals surface area contributed by atoms with E-state index in [-0.39, 0.29) is 6.03 Å². The van der Waals surface area contributed by atoms with Crippen molar-refractivity contribution in [2.45, 2.75) is 0 Å². The van der Waals surface area contributed by atoms with Gasteiger partial charge >= 0.3 is 6.03 Å². The molecule has 1 aromatic carbocycles. The second-order valence-corrected chi connectivity index (χ2v) is 5.87. The smallest absolute Gasteiger partial charge is 0.321 e. The van der Waals surface area contributed by atoms with Crippen LogP contribution in [0.3, 0.4) is 0 Å². The van der Waals surface area contributed by atoms with Crippen molar-refractivity contribution < 1.29 is 4.79 Å². The normalized spacial score (nSPS) is 14.2. The van der Waals surface area contributed by atoms with Crippen LogP contribution in [-0.2, 0) is 0 Å². The van der Waals surface area contributed by atoms with Crippen LogP contribution in [0.1, 0.15) is 5.56 Å². The van der Waals surface area contributed by atoms with Crippen molar-refractivity contribution in [3.8, 4) is 6.07 Å². The molecule has 7 heteroatoms. The number of aromatic nitrogens is 1. The van der Waals surface area contributed by atoms with Gasteiger partial charge in [-0.1, -0.05) is 17.7 Å². The largest absolute Gasteiger partial charge is 0.353 e. The van der Waals surface area contributed by atoms with E-state index in [1.807, 2.05) is 6.07 Å². The highest BCUT2D eigenvalue weighted by molar-refractivity contribution is 6.30. The molecule has 3 rings (SSSR count). The molecule has 0 atom stereocenters. The monoisotopic (exact) mass is 341 g/mol. The second kappa shape index (κ2) is 7.20. The summed E-state index contributed by atoms with van der Waals surface area (Å²) in [6.45, 7) is 2.60. The van der Waals surface area contributed by atoms with E-state index in [2.05, 4.69) is 21.3 Å². The molecule has 0 aliphatic carbocycles. The minimum Gasteiger partial charge on any atom is -0.353 e. The van der Waals surface area contributed by atoms with Crippen molar-refractivity contribution in [2.75, 3.05) is 36.4 Å². The third kappa shape index (κ3) is 3.76. The predicted molar refractivity (Wildman–Crippen MR) is 93.2 cm³/mol. The molecule has 1 N–H and O–H groups in total. The van der Waals surface area contributed by atoms with Crippen molar-refractivity contribution in [1.29, 1.82) is 5.26 Å².